The number of rotatable bonds is 11. The molecule has 0 aliphatic heterocycles. The third-order valence-electron chi connectivity index (χ3n) is 4.26. The first-order valence-electron chi connectivity index (χ1n) is 9.03. The lowest BCUT2D eigenvalue weighted by Crippen LogP contribution is -2.37. The number of ether oxygens (including phenoxy) is 4. The monoisotopic (exact) mass is 493 g/mol. The van der Waals surface area contributed by atoms with Gasteiger partial charge in [0.25, 0.3) is 0 Å². The molecule has 1 aromatic rings. The van der Waals surface area contributed by atoms with Gasteiger partial charge in [0.15, 0.2) is 17.5 Å². The molecule has 2 N–H and O–H groups in total. The highest BCUT2D eigenvalue weighted by Crippen LogP contribution is 2.34. The van der Waals surface area contributed by atoms with Crippen LogP contribution in [0, 0.1) is 5.92 Å². The van der Waals surface area contributed by atoms with Gasteiger partial charge in [-0.3, -0.25) is 4.99 Å². The lowest BCUT2D eigenvalue weighted by molar-refractivity contribution is 0.123. The Morgan fingerprint density at radius 2 is 1.70 bits per heavy atom. The Morgan fingerprint density at radius 1 is 1.04 bits per heavy atom. The molecule has 1 aromatic carbocycles. The number of aliphatic imine (C=N–C) groups is 1. The van der Waals surface area contributed by atoms with Crippen LogP contribution < -0.4 is 24.8 Å². The van der Waals surface area contributed by atoms with Crippen LogP contribution in [0.2, 0.25) is 0 Å². The summed E-state index contributed by atoms with van der Waals surface area (Å²) in [7, 11) is 6.62. The van der Waals surface area contributed by atoms with E-state index in [0.29, 0.717) is 18.0 Å². The van der Waals surface area contributed by atoms with E-state index < -0.39 is 0 Å². The van der Waals surface area contributed by atoms with Crippen molar-refractivity contribution < 1.29 is 18.9 Å². The quantitative estimate of drug-likeness (QED) is 0.214. The Balaban J connectivity index is 0.00000364. The van der Waals surface area contributed by atoms with E-state index in [0.717, 1.165) is 49.4 Å². The molecule has 1 aliphatic rings. The summed E-state index contributed by atoms with van der Waals surface area (Å²) >= 11 is 0. The van der Waals surface area contributed by atoms with Crippen LogP contribution in [0.3, 0.4) is 0 Å². The van der Waals surface area contributed by atoms with Gasteiger partial charge in [-0.25, -0.2) is 0 Å². The van der Waals surface area contributed by atoms with Crippen molar-refractivity contribution in [1.82, 2.24) is 10.6 Å². The first kappa shape index (κ1) is 23.6. The lowest BCUT2D eigenvalue weighted by atomic mass is 10.1. The second-order valence-electron chi connectivity index (χ2n) is 6.24. The summed E-state index contributed by atoms with van der Waals surface area (Å²) in [5, 5.41) is 6.58. The molecule has 8 heteroatoms. The molecule has 0 heterocycles. The van der Waals surface area contributed by atoms with Gasteiger partial charge in [0.2, 0.25) is 0 Å². The number of halogens is 1. The van der Waals surface area contributed by atoms with Gasteiger partial charge in [0.05, 0.1) is 21.3 Å². The number of methoxy groups -OCH3 is 3. The number of nitrogens with one attached hydrogen (secondary N) is 2. The minimum Gasteiger partial charge on any atom is -0.496 e. The Kier molecular flexibility index (Phi) is 11.3. The summed E-state index contributed by atoms with van der Waals surface area (Å²) in [5.41, 5.74) is 0.959. The maximum absolute atomic E-state index is 5.64. The standard InChI is InChI=1S/C19H31N3O4.HI/c1-20-19(21-8-5-9-26-13-14-6-7-14)22-12-15-10-17(24-3)18(25-4)11-16(15)23-2;/h10-11,14H,5-9,12-13H2,1-4H3,(H2,20,21,22);1H. The predicted molar refractivity (Wildman–Crippen MR) is 118 cm³/mol. The van der Waals surface area contributed by atoms with Crippen molar-refractivity contribution in [2.24, 2.45) is 10.9 Å². The van der Waals surface area contributed by atoms with Gasteiger partial charge >= 0.3 is 0 Å². The zero-order valence-corrected chi connectivity index (χ0v) is 19.0. The predicted octanol–water partition coefficient (Wildman–Crippen LogP) is 2.81. The van der Waals surface area contributed by atoms with E-state index in [4.69, 9.17) is 18.9 Å². The van der Waals surface area contributed by atoms with Crippen molar-refractivity contribution in [2.75, 3.05) is 48.1 Å². The molecule has 27 heavy (non-hydrogen) atoms. The molecule has 2 rings (SSSR count). The maximum atomic E-state index is 5.64. The minimum absolute atomic E-state index is 0. The Bertz CT molecular complexity index is 595. The highest BCUT2D eigenvalue weighted by atomic mass is 127. The Morgan fingerprint density at radius 3 is 2.30 bits per heavy atom. The highest BCUT2D eigenvalue weighted by Gasteiger charge is 2.20. The van der Waals surface area contributed by atoms with Gasteiger partial charge in [-0.2, -0.15) is 0 Å². The molecule has 1 aliphatic carbocycles. The molecule has 1 saturated carbocycles. The van der Waals surface area contributed by atoms with Gasteiger partial charge in [0, 0.05) is 45.0 Å². The zero-order chi connectivity index (χ0) is 18.8. The number of hydrogen-bond donors (Lipinski definition) is 2. The minimum atomic E-state index is 0. The molecular formula is C19H32IN3O4. The van der Waals surface area contributed by atoms with Crippen LogP contribution in [0.4, 0.5) is 0 Å². The molecule has 0 atom stereocenters. The molecule has 0 unspecified atom stereocenters. The van der Waals surface area contributed by atoms with Crippen molar-refractivity contribution in [3.63, 3.8) is 0 Å². The Labute approximate surface area is 179 Å². The molecule has 0 saturated heterocycles. The molecule has 0 aromatic heterocycles. The van der Waals surface area contributed by atoms with Gasteiger partial charge in [-0.1, -0.05) is 0 Å². The van der Waals surface area contributed by atoms with Crippen LogP contribution in [0.15, 0.2) is 17.1 Å². The molecule has 154 valence electrons. The first-order chi connectivity index (χ1) is 12.7. The fourth-order valence-electron chi connectivity index (χ4n) is 2.55. The van der Waals surface area contributed by atoms with E-state index in [2.05, 4.69) is 15.6 Å². The average molecular weight is 493 g/mol. The molecule has 0 bridgehead atoms. The summed E-state index contributed by atoms with van der Waals surface area (Å²) < 4.78 is 21.8. The highest BCUT2D eigenvalue weighted by molar-refractivity contribution is 14.0. The van der Waals surface area contributed by atoms with E-state index in [-0.39, 0.29) is 24.0 Å². The largest absolute Gasteiger partial charge is 0.496 e. The third-order valence-corrected chi connectivity index (χ3v) is 4.26. The second kappa shape index (κ2) is 12.9. The maximum Gasteiger partial charge on any atom is 0.191 e. The number of hydrogen-bond acceptors (Lipinski definition) is 5. The molecule has 0 amide bonds. The van der Waals surface area contributed by atoms with Crippen LogP contribution in [0.5, 0.6) is 17.2 Å². The van der Waals surface area contributed by atoms with Crippen LogP contribution in [-0.2, 0) is 11.3 Å². The topological polar surface area (TPSA) is 73.3 Å². The van der Waals surface area contributed by atoms with Crippen molar-refractivity contribution in [1.29, 1.82) is 0 Å². The van der Waals surface area contributed by atoms with E-state index in [9.17, 15) is 0 Å². The van der Waals surface area contributed by atoms with E-state index >= 15 is 0 Å². The number of guanidine groups is 1. The molecular weight excluding hydrogens is 461 g/mol. The fourth-order valence-corrected chi connectivity index (χ4v) is 2.55. The van der Waals surface area contributed by atoms with Crippen LogP contribution >= 0.6 is 24.0 Å². The number of benzene rings is 1. The summed E-state index contributed by atoms with van der Waals surface area (Å²) in [5.74, 6) is 3.60. The summed E-state index contributed by atoms with van der Waals surface area (Å²) in [6, 6.07) is 3.73. The van der Waals surface area contributed by atoms with Gasteiger partial charge < -0.3 is 29.6 Å². The molecule has 1 fully saturated rings. The van der Waals surface area contributed by atoms with E-state index in [1.165, 1.54) is 12.8 Å². The van der Waals surface area contributed by atoms with Crippen LogP contribution in [-0.4, -0.2) is 54.1 Å². The second-order valence-corrected chi connectivity index (χ2v) is 6.24. The smallest absolute Gasteiger partial charge is 0.191 e. The number of nitrogens with zero attached hydrogens (tertiary/aromatic N) is 1. The van der Waals surface area contributed by atoms with Gasteiger partial charge in [0.1, 0.15) is 5.75 Å². The first-order valence-corrected chi connectivity index (χ1v) is 9.03. The fraction of sp³-hybridized carbons (Fsp3) is 0.632. The SMILES string of the molecule is CN=C(NCCCOCC1CC1)NCc1cc(OC)c(OC)cc1OC.I. The summed E-state index contributed by atoms with van der Waals surface area (Å²) in [4.78, 5) is 4.25. The zero-order valence-electron chi connectivity index (χ0n) is 16.7. The van der Waals surface area contributed by atoms with Crippen LogP contribution in [0.1, 0.15) is 24.8 Å². The Hall–Kier alpha value is -1.42. The summed E-state index contributed by atoms with van der Waals surface area (Å²) in [6.45, 7) is 3.06. The lowest BCUT2D eigenvalue weighted by Gasteiger charge is -2.16. The summed E-state index contributed by atoms with van der Waals surface area (Å²) in [6.07, 6.45) is 3.61. The van der Waals surface area contributed by atoms with Crippen molar-refractivity contribution in [3.05, 3.63) is 17.7 Å². The van der Waals surface area contributed by atoms with Gasteiger partial charge in [-0.15, -0.1) is 24.0 Å². The molecule has 0 spiro atoms. The average Bonchev–Trinajstić information content (AvgIpc) is 3.50. The van der Waals surface area contributed by atoms with Crippen LogP contribution in [0.25, 0.3) is 0 Å². The van der Waals surface area contributed by atoms with Crippen molar-refractivity contribution >= 4 is 29.9 Å². The van der Waals surface area contributed by atoms with Crippen molar-refractivity contribution in [3.8, 4) is 17.2 Å². The molecule has 0 radical (unpaired) electrons. The van der Waals surface area contributed by atoms with Crippen molar-refractivity contribution in [2.45, 2.75) is 25.8 Å². The van der Waals surface area contributed by atoms with Gasteiger partial charge in [-0.05, 0) is 31.2 Å². The third kappa shape index (κ3) is 8.00. The van der Waals surface area contributed by atoms with E-state index in [1.54, 1.807) is 28.4 Å². The van der Waals surface area contributed by atoms with E-state index in [1.807, 2.05) is 12.1 Å². The normalized spacial score (nSPS) is 13.6. The molecule has 7 nitrogen and oxygen atoms in total.